The van der Waals surface area contributed by atoms with E-state index in [1.807, 2.05) is 0 Å². The van der Waals surface area contributed by atoms with E-state index < -0.39 is 0 Å². The number of piperidine rings is 1. The van der Waals surface area contributed by atoms with Crippen LogP contribution in [-0.4, -0.2) is 50.1 Å². The number of thiophene rings is 1. The highest BCUT2D eigenvalue weighted by Gasteiger charge is 2.29. The molecule has 0 radical (unpaired) electrons. The van der Waals surface area contributed by atoms with Crippen molar-refractivity contribution in [3.63, 3.8) is 0 Å². The van der Waals surface area contributed by atoms with E-state index in [1.165, 1.54) is 22.6 Å². The minimum Gasteiger partial charge on any atom is -0.497 e. The largest absolute Gasteiger partial charge is 0.497 e. The van der Waals surface area contributed by atoms with Crippen molar-refractivity contribution in [1.82, 2.24) is 4.90 Å². The zero-order valence-electron chi connectivity index (χ0n) is 19.7. The Kier molecular flexibility index (Phi) is 7.55. The first kappa shape index (κ1) is 23.6. The van der Waals surface area contributed by atoms with Crippen molar-refractivity contribution in [3.05, 3.63) is 34.2 Å². The Labute approximate surface area is 199 Å². The first-order valence-electron chi connectivity index (χ1n) is 11.8. The van der Waals surface area contributed by atoms with Crippen molar-refractivity contribution in [2.45, 2.75) is 57.9 Å². The van der Waals surface area contributed by atoms with Crippen LogP contribution in [-0.2, 0) is 17.6 Å². The van der Waals surface area contributed by atoms with Gasteiger partial charge in [0.05, 0.1) is 32.0 Å². The number of hydrogen-bond acceptors (Lipinski definition) is 6. The van der Waals surface area contributed by atoms with E-state index in [2.05, 4.69) is 22.5 Å². The first-order chi connectivity index (χ1) is 16.0. The van der Waals surface area contributed by atoms with Crippen LogP contribution in [0.4, 0.5) is 10.7 Å². The number of aryl methyl sites for hydroxylation is 1. The topological polar surface area (TPSA) is 79.9 Å². The van der Waals surface area contributed by atoms with Crippen LogP contribution in [0.5, 0.6) is 11.5 Å². The average Bonchev–Trinajstić information content (AvgIpc) is 3.40. The predicted molar refractivity (Wildman–Crippen MR) is 132 cm³/mol. The number of hydrogen-bond donors (Lipinski definition) is 2. The molecule has 1 atom stereocenters. The highest BCUT2D eigenvalue weighted by molar-refractivity contribution is 7.17. The van der Waals surface area contributed by atoms with Gasteiger partial charge in [-0.1, -0.05) is 13.3 Å². The molecule has 0 unspecified atom stereocenters. The van der Waals surface area contributed by atoms with Crippen molar-refractivity contribution in [2.75, 3.05) is 37.9 Å². The molecule has 1 aliphatic carbocycles. The van der Waals surface area contributed by atoms with E-state index in [4.69, 9.17) is 9.47 Å². The molecule has 0 spiro atoms. The summed E-state index contributed by atoms with van der Waals surface area (Å²) in [6.07, 6.45) is 7.40. The number of fused-ring (bicyclic) bond motifs is 1. The average molecular weight is 472 g/mol. The van der Waals surface area contributed by atoms with Crippen molar-refractivity contribution in [1.29, 1.82) is 0 Å². The van der Waals surface area contributed by atoms with Crippen LogP contribution < -0.4 is 20.1 Å². The van der Waals surface area contributed by atoms with E-state index in [0.717, 1.165) is 50.6 Å². The zero-order chi connectivity index (χ0) is 23.4. The van der Waals surface area contributed by atoms with Crippen LogP contribution in [0.15, 0.2) is 18.2 Å². The Morgan fingerprint density at radius 1 is 1.12 bits per heavy atom. The normalized spacial score (nSPS) is 18.0. The maximum Gasteiger partial charge on any atom is 0.259 e. The molecule has 2 heterocycles. The molecule has 2 amide bonds. The molecule has 1 aromatic heterocycles. The second-order valence-electron chi connectivity index (χ2n) is 8.66. The zero-order valence-corrected chi connectivity index (χ0v) is 20.5. The second kappa shape index (κ2) is 10.6. The smallest absolute Gasteiger partial charge is 0.259 e. The summed E-state index contributed by atoms with van der Waals surface area (Å²) in [6, 6.07) is 5.74. The molecule has 33 heavy (non-hydrogen) atoms. The molecular weight excluding hydrogens is 438 g/mol. The number of ether oxygens (including phenoxy) is 2. The van der Waals surface area contributed by atoms with Crippen LogP contribution >= 0.6 is 11.3 Å². The standard InChI is InChI=1S/C25H33N3O4S/c1-4-16-8-5-6-13-28(16)15-22(29)27-25-23(18-9-7-10-21(18)33-25)24(30)26-19-12-11-17(31-2)14-20(19)32-3/h11-12,14,16H,4-10,13,15H2,1-3H3,(H,26,30)(H,27,29)/t16-/m0/s1. The van der Waals surface area contributed by atoms with Gasteiger partial charge in [-0.3, -0.25) is 14.5 Å². The van der Waals surface area contributed by atoms with Gasteiger partial charge in [-0.15, -0.1) is 11.3 Å². The summed E-state index contributed by atoms with van der Waals surface area (Å²) in [5, 5.41) is 6.71. The number of likely N-dealkylation sites (tertiary alicyclic amines) is 1. The molecule has 1 fully saturated rings. The fourth-order valence-corrected chi connectivity index (χ4v) is 6.20. The van der Waals surface area contributed by atoms with E-state index in [0.29, 0.717) is 40.3 Å². The van der Waals surface area contributed by atoms with Crippen molar-refractivity contribution >= 4 is 33.8 Å². The fraction of sp³-hybridized carbons (Fsp3) is 0.520. The summed E-state index contributed by atoms with van der Waals surface area (Å²) in [5.41, 5.74) is 2.21. The molecule has 1 aliphatic heterocycles. The molecule has 8 heteroatoms. The lowest BCUT2D eigenvalue weighted by molar-refractivity contribution is -0.118. The van der Waals surface area contributed by atoms with E-state index in [-0.39, 0.29) is 11.8 Å². The SMILES string of the molecule is CC[C@H]1CCCCN1CC(=O)Nc1sc2c(c1C(=O)Nc1ccc(OC)cc1OC)CCC2. The van der Waals surface area contributed by atoms with Crippen molar-refractivity contribution in [3.8, 4) is 11.5 Å². The van der Waals surface area contributed by atoms with Gasteiger partial charge in [0.1, 0.15) is 16.5 Å². The molecule has 1 aromatic carbocycles. The molecule has 0 saturated carbocycles. The molecule has 0 bridgehead atoms. The lowest BCUT2D eigenvalue weighted by Gasteiger charge is -2.34. The number of methoxy groups -OCH3 is 2. The Balaban J connectivity index is 1.53. The quantitative estimate of drug-likeness (QED) is 0.583. The lowest BCUT2D eigenvalue weighted by Crippen LogP contribution is -2.43. The number of nitrogens with one attached hydrogen (secondary N) is 2. The molecule has 2 aromatic rings. The van der Waals surface area contributed by atoms with Gasteiger partial charge in [-0.05, 0) is 62.8 Å². The van der Waals surface area contributed by atoms with Crippen molar-refractivity contribution < 1.29 is 19.1 Å². The number of amides is 2. The van der Waals surface area contributed by atoms with Crippen LogP contribution in [0, 0.1) is 0 Å². The van der Waals surface area contributed by atoms with Gasteiger partial charge < -0.3 is 20.1 Å². The minimum absolute atomic E-state index is 0.0497. The number of rotatable bonds is 8. The lowest BCUT2D eigenvalue weighted by atomic mass is 10.00. The van der Waals surface area contributed by atoms with Gasteiger partial charge in [0.25, 0.3) is 5.91 Å². The third-order valence-electron chi connectivity index (χ3n) is 6.63. The fourth-order valence-electron chi connectivity index (χ4n) is 4.90. The van der Waals surface area contributed by atoms with Gasteiger partial charge in [0, 0.05) is 17.0 Å². The highest BCUT2D eigenvalue weighted by atomic mass is 32.1. The number of anilines is 2. The Morgan fingerprint density at radius 2 is 1.97 bits per heavy atom. The van der Waals surface area contributed by atoms with E-state index >= 15 is 0 Å². The summed E-state index contributed by atoms with van der Waals surface area (Å²) in [5.74, 6) is 0.900. The highest BCUT2D eigenvalue weighted by Crippen LogP contribution is 2.40. The summed E-state index contributed by atoms with van der Waals surface area (Å²) in [6.45, 7) is 3.51. The van der Waals surface area contributed by atoms with Crippen LogP contribution in [0.25, 0.3) is 0 Å². The summed E-state index contributed by atoms with van der Waals surface area (Å²) < 4.78 is 10.7. The number of benzene rings is 1. The molecule has 2 aliphatic rings. The van der Waals surface area contributed by atoms with Gasteiger partial charge in [0.2, 0.25) is 5.91 Å². The van der Waals surface area contributed by atoms with Crippen LogP contribution in [0.2, 0.25) is 0 Å². The Hall–Kier alpha value is -2.58. The number of carbonyl (C=O) groups is 2. The third kappa shape index (κ3) is 5.17. The van der Waals surface area contributed by atoms with Crippen molar-refractivity contribution in [2.24, 2.45) is 0 Å². The Bertz CT molecular complexity index is 1020. The predicted octanol–water partition coefficient (Wildman–Crippen LogP) is 4.71. The van der Waals surface area contributed by atoms with Crippen LogP contribution in [0.1, 0.15) is 59.8 Å². The van der Waals surface area contributed by atoms with Gasteiger partial charge >= 0.3 is 0 Å². The maximum absolute atomic E-state index is 13.4. The number of carbonyl (C=O) groups excluding carboxylic acids is 2. The molecule has 178 valence electrons. The summed E-state index contributed by atoms with van der Waals surface area (Å²) >= 11 is 1.54. The molecule has 1 saturated heterocycles. The van der Waals surface area contributed by atoms with E-state index in [1.54, 1.807) is 32.4 Å². The number of nitrogens with zero attached hydrogens (tertiary/aromatic N) is 1. The second-order valence-corrected chi connectivity index (χ2v) is 9.76. The molecule has 4 rings (SSSR count). The summed E-state index contributed by atoms with van der Waals surface area (Å²) in [4.78, 5) is 29.8. The molecular formula is C25H33N3O4S. The summed E-state index contributed by atoms with van der Waals surface area (Å²) in [7, 11) is 3.14. The minimum atomic E-state index is -0.224. The Morgan fingerprint density at radius 3 is 2.73 bits per heavy atom. The molecule has 7 nitrogen and oxygen atoms in total. The van der Waals surface area contributed by atoms with Crippen LogP contribution in [0.3, 0.4) is 0 Å². The van der Waals surface area contributed by atoms with E-state index in [9.17, 15) is 9.59 Å². The van der Waals surface area contributed by atoms with Gasteiger partial charge in [-0.25, -0.2) is 0 Å². The third-order valence-corrected chi connectivity index (χ3v) is 7.83. The van der Waals surface area contributed by atoms with Gasteiger partial charge in [-0.2, -0.15) is 0 Å². The maximum atomic E-state index is 13.4. The molecule has 2 N–H and O–H groups in total. The monoisotopic (exact) mass is 471 g/mol. The first-order valence-corrected chi connectivity index (χ1v) is 12.6. The van der Waals surface area contributed by atoms with Gasteiger partial charge in [0.15, 0.2) is 0 Å².